The summed E-state index contributed by atoms with van der Waals surface area (Å²) in [6.07, 6.45) is 12.6. The van der Waals surface area contributed by atoms with Crippen LogP contribution in [0.2, 0.25) is 0 Å². The number of hydrogen-bond donors (Lipinski definition) is 0. The number of ether oxygens (including phenoxy) is 2. The second-order valence-corrected chi connectivity index (χ2v) is 28.1. The van der Waals surface area contributed by atoms with Crippen LogP contribution in [0.1, 0.15) is 202 Å². The van der Waals surface area contributed by atoms with E-state index in [2.05, 4.69) is 82.4 Å². The molecule has 0 radical (unpaired) electrons. The number of rotatable bonds is 4. The summed E-state index contributed by atoms with van der Waals surface area (Å²) in [5.41, 5.74) is 0.863. The highest BCUT2D eigenvalue weighted by Crippen LogP contribution is 2.64. The van der Waals surface area contributed by atoms with Crippen molar-refractivity contribution in [3.05, 3.63) is 47.0 Å². The summed E-state index contributed by atoms with van der Waals surface area (Å²) in [4.78, 5) is 54.7. The van der Waals surface area contributed by atoms with E-state index >= 15 is 0 Å². The van der Waals surface area contributed by atoms with Crippen molar-refractivity contribution in [2.45, 2.75) is 213 Å². The zero-order valence-corrected chi connectivity index (χ0v) is 45.1. The molecule has 0 N–H and O–H groups in total. The number of hydrogen-bond acceptors (Lipinski definition) is 6. The number of carbonyl (C=O) groups is 4. The van der Waals surface area contributed by atoms with Crippen LogP contribution in [-0.2, 0) is 28.7 Å². The highest BCUT2D eigenvalue weighted by molar-refractivity contribution is 6.20. The minimum atomic E-state index is -1.00. The van der Waals surface area contributed by atoms with Crippen LogP contribution >= 0.6 is 0 Å². The van der Waals surface area contributed by atoms with E-state index in [0.717, 1.165) is 75.4 Å². The fraction of sp³-hybridized carbons (Fsp3) is 0.800. The number of allylic oxidation sites excluding steroid dienone is 6. The monoisotopic (exact) mass is 909 g/mol. The van der Waals surface area contributed by atoms with Crippen LogP contribution < -0.4 is 0 Å². The van der Waals surface area contributed by atoms with Crippen molar-refractivity contribution in [2.75, 3.05) is 0 Å². The summed E-state index contributed by atoms with van der Waals surface area (Å²) in [5, 5.41) is 0. The van der Waals surface area contributed by atoms with Gasteiger partial charge in [-0.15, -0.1) is 0 Å². The second kappa shape index (κ2) is 16.4. The van der Waals surface area contributed by atoms with E-state index in [1.54, 1.807) is 0 Å². The molecular weight excluding hydrogens is 817 g/mol. The highest BCUT2D eigenvalue weighted by atomic mass is 16.5. The van der Waals surface area contributed by atoms with Crippen LogP contribution in [0.5, 0.6) is 0 Å². The first-order chi connectivity index (χ1) is 30.1. The largest absolute Gasteiger partial charge is 0.490 e. The quantitative estimate of drug-likeness (QED) is 0.206. The molecule has 8 rings (SSSR count). The minimum Gasteiger partial charge on any atom is -0.490 e. The summed E-state index contributed by atoms with van der Waals surface area (Å²) >= 11 is 0. The van der Waals surface area contributed by atoms with Gasteiger partial charge < -0.3 is 9.47 Å². The fourth-order valence-corrected chi connectivity index (χ4v) is 16.0. The predicted molar refractivity (Wildman–Crippen MR) is 267 cm³/mol. The summed E-state index contributed by atoms with van der Waals surface area (Å²) in [5.74, 6) is 5.58. The van der Waals surface area contributed by atoms with Gasteiger partial charge in [-0.25, -0.2) is 0 Å². The van der Waals surface area contributed by atoms with E-state index in [0.29, 0.717) is 57.9 Å². The summed E-state index contributed by atoms with van der Waals surface area (Å²) in [7, 11) is 0. The molecule has 4 saturated carbocycles. The molecule has 0 saturated heterocycles. The van der Waals surface area contributed by atoms with Gasteiger partial charge in [0.15, 0.2) is 23.1 Å². The van der Waals surface area contributed by atoms with Crippen molar-refractivity contribution in [3.63, 3.8) is 0 Å². The number of Topliss-reactive ketones (excluding diaryl/α,β-unsaturated/α-hetero) is 4. The molecule has 8 aliphatic rings. The van der Waals surface area contributed by atoms with Gasteiger partial charge in [0.25, 0.3) is 0 Å². The molecule has 4 fully saturated rings. The standard InChI is InChI=1S/2C30H46O3/c2*1-17(2)15-19-22-12-11-18(3)20-16-27(4,5)21(20)13-14-30(22,10)33-25-23(19)24(31)28(6,7)26(32)29(25,8)9/h2*17,19-22H,3,11-16H2,1-2,4-10H3/t2*19-,20+,21+,22+,30-/m00/s1. The lowest BCUT2D eigenvalue weighted by Gasteiger charge is -2.55. The molecule has 0 spiro atoms. The lowest BCUT2D eigenvalue weighted by molar-refractivity contribution is -0.158. The molecule has 2 heterocycles. The first-order valence-corrected chi connectivity index (χ1v) is 26.5. The molecule has 0 amide bonds. The molecule has 368 valence electrons. The zero-order chi connectivity index (χ0) is 49.4. The van der Waals surface area contributed by atoms with Gasteiger partial charge in [-0.2, -0.15) is 0 Å². The third kappa shape index (κ3) is 7.95. The molecule has 0 aromatic heterocycles. The average molecular weight is 909 g/mol. The minimum absolute atomic E-state index is 0.00516. The molecule has 66 heavy (non-hydrogen) atoms. The fourth-order valence-electron chi connectivity index (χ4n) is 16.0. The first-order valence-electron chi connectivity index (χ1n) is 26.5. The predicted octanol–water partition coefficient (Wildman–Crippen LogP) is 14.6. The Morgan fingerprint density at radius 2 is 0.803 bits per heavy atom. The maximum Gasteiger partial charge on any atom is 0.175 e. The summed E-state index contributed by atoms with van der Waals surface area (Å²) in [6.45, 7) is 47.3. The Bertz CT molecular complexity index is 1980. The molecule has 2 aliphatic heterocycles. The normalized spacial score (nSPS) is 39.4. The smallest absolute Gasteiger partial charge is 0.175 e. The number of fused-ring (bicyclic) bond motifs is 4. The van der Waals surface area contributed by atoms with Crippen molar-refractivity contribution in [1.29, 1.82) is 0 Å². The topological polar surface area (TPSA) is 86.7 Å². The van der Waals surface area contributed by atoms with Crippen LogP contribution in [-0.4, -0.2) is 34.3 Å². The average Bonchev–Trinajstić information content (AvgIpc) is 3.26. The van der Waals surface area contributed by atoms with E-state index in [9.17, 15) is 19.2 Å². The summed E-state index contributed by atoms with van der Waals surface area (Å²) in [6, 6.07) is 0. The molecule has 0 bridgehead atoms. The van der Waals surface area contributed by atoms with Crippen molar-refractivity contribution >= 4 is 23.1 Å². The Balaban J connectivity index is 0.000000196. The van der Waals surface area contributed by atoms with Crippen molar-refractivity contribution < 1.29 is 28.7 Å². The third-order valence-electron chi connectivity index (χ3n) is 19.9. The van der Waals surface area contributed by atoms with Gasteiger partial charge in [0, 0.05) is 23.0 Å². The van der Waals surface area contributed by atoms with E-state index in [-0.39, 0.29) is 58.0 Å². The van der Waals surface area contributed by atoms with Crippen LogP contribution in [0.3, 0.4) is 0 Å². The van der Waals surface area contributed by atoms with E-state index in [1.807, 2.05) is 55.4 Å². The SMILES string of the molecule is C=C1CC[C@@H]2[C@H](CC(C)C)C3=C(O[C@@]2(C)CC[C@@H]2[C@@H]1CC2(C)C)C(C)(C)C(=O)C(C)(C)C3=O.C=C1CC[C@@H]2[C@H](CC(C)C)C3=C(O[C@@]2(C)CC[C@@H]2[C@@H]1CC2(C)C)C(C)(C)C(=O)C(C)(C)C3=O. The summed E-state index contributed by atoms with van der Waals surface area (Å²) < 4.78 is 13.9. The third-order valence-corrected chi connectivity index (χ3v) is 19.9. The molecule has 6 heteroatoms. The molecule has 0 aromatic rings. The lowest BCUT2D eigenvalue weighted by atomic mass is 9.52. The molecule has 0 unspecified atom stereocenters. The number of ketones is 4. The van der Waals surface area contributed by atoms with Crippen LogP contribution in [0.15, 0.2) is 47.0 Å². The van der Waals surface area contributed by atoms with Gasteiger partial charge in [0.1, 0.15) is 22.7 Å². The lowest BCUT2D eigenvalue weighted by Crippen LogP contribution is -2.57. The zero-order valence-electron chi connectivity index (χ0n) is 45.1. The van der Waals surface area contributed by atoms with Gasteiger partial charge in [0.05, 0.1) is 21.7 Å². The Morgan fingerprint density at radius 1 is 0.485 bits per heavy atom. The van der Waals surface area contributed by atoms with Crippen LogP contribution in [0.4, 0.5) is 0 Å². The maximum atomic E-state index is 13.9. The molecule has 6 aliphatic carbocycles. The molecular formula is C60H92O6. The van der Waals surface area contributed by atoms with Gasteiger partial charge >= 0.3 is 0 Å². The van der Waals surface area contributed by atoms with Crippen molar-refractivity contribution in [2.24, 2.45) is 91.7 Å². The second-order valence-electron chi connectivity index (χ2n) is 28.1. The van der Waals surface area contributed by atoms with E-state index < -0.39 is 21.7 Å². The molecule has 10 atom stereocenters. The van der Waals surface area contributed by atoms with Gasteiger partial charge in [0.2, 0.25) is 0 Å². The Morgan fingerprint density at radius 3 is 1.09 bits per heavy atom. The molecule has 0 aromatic carbocycles. The van der Waals surface area contributed by atoms with E-state index in [4.69, 9.17) is 9.47 Å². The van der Waals surface area contributed by atoms with Crippen molar-refractivity contribution in [1.82, 2.24) is 0 Å². The Hall–Kier alpha value is -2.76. The van der Waals surface area contributed by atoms with E-state index in [1.165, 1.54) is 24.0 Å². The Labute approximate surface area is 401 Å². The van der Waals surface area contributed by atoms with Crippen LogP contribution in [0.25, 0.3) is 0 Å². The Kier molecular flexibility index (Phi) is 12.7. The van der Waals surface area contributed by atoms with Gasteiger partial charge in [-0.3, -0.25) is 19.2 Å². The number of carbonyl (C=O) groups excluding carboxylic acids is 4. The maximum absolute atomic E-state index is 13.9. The van der Waals surface area contributed by atoms with Gasteiger partial charge in [-0.05, 0) is 204 Å². The van der Waals surface area contributed by atoms with Crippen molar-refractivity contribution in [3.8, 4) is 0 Å². The first kappa shape index (κ1) is 51.1. The highest BCUT2D eigenvalue weighted by Gasteiger charge is 2.64. The molecule has 6 nitrogen and oxygen atoms in total. The van der Waals surface area contributed by atoms with Gasteiger partial charge in [-0.1, -0.05) is 79.7 Å². The van der Waals surface area contributed by atoms with Crippen LogP contribution in [0, 0.1) is 91.7 Å².